The molecule has 1 unspecified atom stereocenters. The monoisotopic (exact) mass is 301 g/mol. The molecule has 2 N–H and O–H groups in total. The zero-order valence-corrected chi connectivity index (χ0v) is 10.6. The van der Waals surface area contributed by atoms with Gasteiger partial charge in [-0.05, 0) is 24.1 Å². The normalized spacial score (nSPS) is 14.5. The molecule has 0 saturated heterocycles. The third kappa shape index (κ3) is 3.56. The van der Waals surface area contributed by atoms with Crippen LogP contribution in [0.5, 0.6) is 5.75 Å². The number of aryl methyl sites for hydroxylation is 1. The molecule has 0 aliphatic heterocycles. The molecule has 1 rings (SSSR count). The molecule has 0 aromatic heterocycles. The van der Waals surface area contributed by atoms with E-state index in [0.29, 0.717) is 11.3 Å². The third-order valence-electron chi connectivity index (χ3n) is 2.87. The zero-order chi connectivity index (χ0) is 15.7. The summed E-state index contributed by atoms with van der Waals surface area (Å²) in [6.45, 7) is 1.51. The van der Waals surface area contributed by atoms with Crippen LogP contribution in [0.2, 0.25) is 0 Å². The van der Waals surface area contributed by atoms with Crippen molar-refractivity contribution in [1.29, 1.82) is 0 Å². The van der Waals surface area contributed by atoms with Gasteiger partial charge in [0.15, 0.2) is 5.92 Å². The highest BCUT2D eigenvalue weighted by atomic mass is 19.4. The minimum Gasteiger partial charge on any atom is -0.496 e. The fraction of sp³-hybridized carbons (Fsp3) is 0.500. The summed E-state index contributed by atoms with van der Waals surface area (Å²) >= 11 is 0. The number of benzene rings is 1. The Hall–Kier alpha value is -1.44. The molecule has 114 valence electrons. The van der Waals surface area contributed by atoms with Crippen molar-refractivity contribution in [3.63, 3.8) is 0 Å². The van der Waals surface area contributed by atoms with Gasteiger partial charge in [-0.3, -0.25) is 0 Å². The molecule has 20 heavy (non-hydrogen) atoms. The molecule has 0 saturated carbocycles. The molecule has 0 spiro atoms. The van der Waals surface area contributed by atoms with E-state index < -0.39 is 24.3 Å². The summed E-state index contributed by atoms with van der Waals surface area (Å²) in [6.07, 6.45) is -10.9. The van der Waals surface area contributed by atoms with Gasteiger partial charge in [0.2, 0.25) is 0 Å². The van der Waals surface area contributed by atoms with Crippen LogP contribution >= 0.6 is 0 Å². The second-order valence-corrected chi connectivity index (χ2v) is 4.32. The maximum atomic E-state index is 12.6. The lowest BCUT2D eigenvalue weighted by molar-refractivity contribution is -0.290. The Morgan fingerprint density at radius 2 is 1.55 bits per heavy atom. The highest BCUT2D eigenvalue weighted by Gasteiger charge is 2.59. The lowest BCUT2D eigenvalue weighted by Gasteiger charge is -2.28. The van der Waals surface area contributed by atoms with Gasteiger partial charge >= 0.3 is 12.4 Å². The number of hydrogen-bond donors (Lipinski definition) is 1. The molecule has 1 aromatic rings. The van der Waals surface area contributed by atoms with Crippen molar-refractivity contribution in [2.45, 2.75) is 25.3 Å². The lowest BCUT2D eigenvalue weighted by Crippen LogP contribution is -2.44. The Bertz CT molecular complexity index is 454. The zero-order valence-electron chi connectivity index (χ0n) is 10.6. The molecule has 1 atom stereocenters. The predicted molar refractivity (Wildman–Crippen MR) is 60.3 cm³/mol. The average Bonchev–Trinajstić information content (AvgIpc) is 2.24. The topological polar surface area (TPSA) is 35.2 Å². The van der Waals surface area contributed by atoms with Crippen LogP contribution in [0, 0.1) is 12.8 Å². The van der Waals surface area contributed by atoms with Gasteiger partial charge in [0, 0.05) is 0 Å². The Morgan fingerprint density at radius 1 is 1.05 bits per heavy atom. The summed E-state index contributed by atoms with van der Waals surface area (Å²) in [4.78, 5) is 0. The number of halogens is 6. The van der Waals surface area contributed by atoms with Crippen LogP contribution in [0.3, 0.4) is 0 Å². The first-order valence-electron chi connectivity index (χ1n) is 5.52. The Labute approximate surface area is 111 Å². The van der Waals surface area contributed by atoms with Crippen molar-refractivity contribution in [2.75, 3.05) is 7.11 Å². The smallest absolute Gasteiger partial charge is 0.402 e. The van der Waals surface area contributed by atoms with E-state index in [0.717, 1.165) is 12.1 Å². The standard InChI is InChI=1S/C12H13F6NO/c1-6-5-7(3-4-8(6)20-2)9(19)10(11(13,14)15)12(16,17)18/h3-5,9-10H,19H2,1-2H3. The highest BCUT2D eigenvalue weighted by molar-refractivity contribution is 5.37. The van der Waals surface area contributed by atoms with Crippen LogP contribution in [0.4, 0.5) is 26.3 Å². The fourth-order valence-corrected chi connectivity index (χ4v) is 1.89. The molecule has 2 nitrogen and oxygen atoms in total. The van der Waals surface area contributed by atoms with Crippen LogP contribution in [0.25, 0.3) is 0 Å². The number of hydrogen-bond acceptors (Lipinski definition) is 2. The second kappa shape index (κ2) is 5.51. The van der Waals surface area contributed by atoms with Crippen molar-refractivity contribution < 1.29 is 31.1 Å². The maximum Gasteiger partial charge on any atom is 0.402 e. The highest BCUT2D eigenvalue weighted by Crippen LogP contribution is 2.45. The molecule has 0 aliphatic carbocycles. The van der Waals surface area contributed by atoms with E-state index in [2.05, 4.69) is 0 Å². The lowest BCUT2D eigenvalue weighted by atomic mass is 9.91. The molecule has 0 radical (unpaired) electrons. The number of methoxy groups -OCH3 is 1. The van der Waals surface area contributed by atoms with Crippen molar-refractivity contribution >= 4 is 0 Å². The van der Waals surface area contributed by atoms with Gasteiger partial charge in [0.1, 0.15) is 5.75 Å². The average molecular weight is 301 g/mol. The van der Waals surface area contributed by atoms with Crippen LogP contribution in [0.15, 0.2) is 18.2 Å². The van der Waals surface area contributed by atoms with Gasteiger partial charge in [-0.25, -0.2) is 0 Å². The van der Waals surface area contributed by atoms with Crippen molar-refractivity contribution in [3.05, 3.63) is 29.3 Å². The predicted octanol–water partition coefficient (Wildman–Crippen LogP) is 3.74. The summed E-state index contributed by atoms with van der Waals surface area (Å²) in [5.41, 5.74) is 5.35. The molecule has 0 fully saturated rings. The van der Waals surface area contributed by atoms with Gasteiger partial charge in [-0.2, -0.15) is 26.3 Å². The third-order valence-corrected chi connectivity index (χ3v) is 2.87. The van der Waals surface area contributed by atoms with Gasteiger partial charge in [0.05, 0.1) is 13.2 Å². The molecule has 1 aromatic carbocycles. The summed E-state index contributed by atoms with van der Waals surface area (Å²) < 4.78 is 80.3. The number of alkyl halides is 6. The molecule has 0 heterocycles. The van der Waals surface area contributed by atoms with Crippen molar-refractivity contribution in [3.8, 4) is 5.75 Å². The minimum absolute atomic E-state index is 0.247. The SMILES string of the molecule is COc1ccc(C(N)C(C(F)(F)F)C(F)(F)F)cc1C. The van der Waals surface area contributed by atoms with E-state index in [1.807, 2.05) is 0 Å². The van der Waals surface area contributed by atoms with E-state index in [1.54, 1.807) is 0 Å². The van der Waals surface area contributed by atoms with Crippen molar-refractivity contribution in [1.82, 2.24) is 0 Å². The maximum absolute atomic E-state index is 12.6. The molecule has 8 heteroatoms. The van der Waals surface area contributed by atoms with Gasteiger partial charge in [-0.15, -0.1) is 0 Å². The Balaban J connectivity index is 3.20. The summed E-state index contributed by atoms with van der Waals surface area (Å²) in [7, 11) is 1.34. The Kier molecular flexibility index (Phi) is 4.58. The van der Waals surface area contributed by atoms with Gasteiger partial charge in [-0.1, -0.05) is 12.1 Å². The minimum atomic E-state index is -5.47. The summed E-state index contributed by atoms with van der Waals surface area (Å²) in [5.74, 6) is -3.25. The second-order valence-electron chi connectivity index (χ2n) is 4.32. The number of rotatable bonds is 3. The fourth-order valence-electron chi connectivity index (χ4n) is 1.89. The van der Waals surface area contributed by atoms with Crippen LogP contribution in [-0.2, 0) is 0 Å². The first-order chi connectivity index (χ1) is 8.98. The van der Waals surface area contributed by atoms with Gasteiger partial charge < -0.3 is 10.5 Å². The first kappa shape index (κ1) is 16.6. The van der Waals surface area contributed by atoms with E-state index in [9.17, 15) is 26.3 Å². The van der Waals surface area contributed by atoms with Crippen LogP contribution in [-0.4, -0.2) is 19.5 Å². The number of ether oxygens (including phenoxy) is 1. The molecule has 0 bridgehead atoms. The van der Waals surface area contributed by atoms with E-state index in [1.165, 1.54) is 20.1 Å². The molecule has 0 amide bonds. The summed E-state index contributed by atoms with van der Waals surface area (Å²) in [6, 6.07) is 1.32. The largest absolute Gasteiger partial charge is 0.496 e. The van der Waals surface area contributed by atoms with Crippen LogP contribution in [0.1, 0.15) is 17.2 Å². The van der Waals surface area contributed by atoms with Gasteiger partial charge in [0.25, 0.3) is 0 Å². The quantitative estimate of drug-likeness (QED) is 0.863. The van der Waals surface area contributed by atoms with E-state index >= 15 is 0 Å². The van der Waals surface area contributed by atoms with E-state index in [-0.39, 0.29) is 5.56 Å². The Morgan fingerprint density at radius 3 is 1.90 bits per heavy atom. The first-order valence-corrected chi connectivity index (χ1v) is 5.52. The van der Waals surface area contributed by atoms with Crippen LogP contribution < -0.4 is 10.5 Å². The number of nitrogens with two attached hydrogens (primary N) is 1. The van der Waals surface area contributed by atoms with Crippen molar-refractivity contribution in [2.24, 2.45) is 11.7 Å². The molecular weight excluding hydrogens is 288 g/mol. The van der Waals surface area contributed by atoms with E-state index in [4.69, 9.17) is 10.5 Å². The molecule has 0 aliphatic rings. The summed E-state index contributed by atoms with van der Waals surface area (Å²) in [5, 5.41) is 0. The molecular formula is C12H13F6NO.